The maximum Gasteiger partial charge on any atom is 0.263 e. The van der Waals surface area contributed by atoms with Crippen LogP contribution in [0, 0.1) is 0 Å². The van der Waals surface area contributed by atoms with E-state index in [9.17, 15) is 4.79 Å². The Hall–Kier alpha value is -1.81. The van der Waals surface area contributed by atoms with Gasteiger partial charge in [0.15, 0.2) is 6.10 Å². The van der Waals surface area contributed by atoms with E-state index >= 15 is 0 Å². The Bertz CT molecular complexity index is 683. The molecule has 1 saturated heterocycles. The van der Waals surface area contributed by atoms with Crippen molar-refractivity contribution in [3.63, 3.8) is 0 Å². The van der Waals surface area contributed by atoms with Crippen molar-refractivity contribution in [1.29, 1.82) is 0 Å². The molecular formula is C17H19ClN2O2. The van der Waals surface area contributed by atoms with Crippen LogP contribution in [0.15, 0.2) is 30.5 Å². The molecule has 0 N–H and O–H groups in total. The fraction of sp³-hybridized carbons (Fsp3) is 0.412. The van der Waals surface area contributed by atoms with E-state index in [-0.39, 0.29) is 5.91 Å². The van der Waals surface area contributed by atoms with Crippen LogP contribution in [0.4, 0.5) is 0 Å². The molecule has 2 aromatic rings. The van der Waals surface area contributed by atoms with Crippen molar-refractivity contribution >= 4 is 28.4 Å². The monoisotopic (exact) mass is 318 g/mol. The summed E-state index contributed by atoms with van der Waals surface area (Å²) < 4.78 is 5.80. The Labute approximate surface area is 135 Å². The molecule has 1 aromatic carbocycles. The van der Waals surface area contributed by atoms with Crippen LogP contribution in [-0.4, -0.2) is 35.0 Å². The summed E-state index contributed by atoms with van der Waals surface area (Å²) in [7, 11) is 0. The second kappa shape index (κ2) is 6.53. The van der Waals surface area contributed by atoms with Crippen LogP contribution >= 0.6 is 11.6 Å². The predicted molar refractivity (Wildman–Crippen MR) is 87.3 cm³/mol. The number of benzene rings is 1. The summed E-state index contributed by atoms with van der Waals surface area (Å²) in [5, 5.41) is 1.54. The molecule has 1 atom stereocenters. The lowest BCUT2D eigenvalue weighted by molar-refractivity contribution is -0.138. The molecule has 0 bridgehead atoms. The molecule has 1 aliphatic rings. The molecule has 4 nitrogen and oxygen atoms in total. The first-order valence-corrected chi connectivity index (χ1v) is 8.02. The molecule has 1 aromatic heterocycles. The van der Waals surface area contributed by atoms with E-state index in [1.165, 1.54) is 6.42 Å². The molecule has 3 rings (SSSR count). The number of piperidine rings is 1. The third kappa shape index (κ3) is 3.17. The summed E-state index contributed by atoms with van der Waals surface area (Å²) in [6.07, 6.45) is 4.54. The van der Waals surface area contributed by atoms with Gasteiger partial charge < -0.3 is 9.64 Å². The van der Waals surface area contributed by atoms with Crippen LogP contribution in [-0.2, 0) is 4.79 Å². The quantitative estimate of drug-likeness (QED) is 0.867. The first-order chi connectivity index (χ1) is 10.6. The number of nitrogens with zero attached hydrogens (tertiary/aromatic N) is 2. The molecular weight excluding hydrogens is 300 g/mol. The number of ether oxygens (including phenoxy) is 1. The van der Waals surface area contributed by atoms with Crippen LogP contribution < -0.4 is 4.74 Å². The normalized spacial score (nSPS) is 16.5. The third-order valence-corrected chi connectivity index (χ3v) is 4.32. The zero-order valence-corrected chi connectivity index (χ0v) is 13.3. The van der Waals surface area contributed by atoms with Gasteiger partial charge >= 0.3 is 0 Å². The minimum absolute atomic E-state index is 0.0545. The van der Waals surface area contributed by atoms with E-state index in [2.05, 4.69) is 4.98 Å². The lowest BCUT2D eigenvalue weighted by Gasteiger charge is -2.29. The van der Waals surface area contributed by atoms with E-state index < -0.39 is 6.10 Å². The summed E-state index contributed by atoms with van der Waals surface area (Å²) in [6, 6.07) is 7.28. The SMILES string of the molecule is C[C@@H](Oc1ccc2c(Cl)ccnc2c1)C(=O)N1CCCCC1. The summed E-state index contributed by atoms with van der Waals surface area (Å²) in [4.78, 5) is 18.6. The number of halogens is 1. The molecule has 5 heteroatoms. The maximum atomic E-state index is 12.4. The lowest BCUT2D eigenvalue weighted by Crippen LogP contribution is -2.43. The maximum absolute atomic E-state index is 12.4. The Morgan fingerprint density at radius 3 is 2.82 bits per heavy atom. The minimum Gasteiger partial charge on any atom is -0.481 e. The molecule has 0 spiro atoms. The highest BCUT2D eigenvalue weighted by Crippen LogP contribution is 2.26. The van der Waals surface area contributed by atoms with E-state index in [4.69, 9.17) is 16.3 Å². The van der Waals surface area contributed by atoms with Gasteiger partial charge in [0.25, 0.3) is 5.91 Å². The van der Waals surface area contributed by atoms with Gasteiger partial charge in [-0.05, 0) is 44.4 Å². The lowest BCUT2D eigenvalue weighted by atomic mass is 10.1. The number of rotatable bonds is 3. The molecule has 1 fully saturated rings. The number of fused-ring (bicyclic) bond motifs is 1. The Balaban J connectivity index is 1.73. The molecule has 0 aliphatic carbocycles. The van der Waals surface area contributed by atoms with Gasteiger partial charge in [-0.1, -0.05) is 11.6 Å². The summed E-state index contributed by atoms with van der Waals surface area (Å²) >= 11 is 6.13. The minimum atomic E-state index is -0.491. The third-order valence-electron chi connectivity index (χ3n) is 3.99. The van der Waals surface area contributed by atoms with Gasteiger partial charge in [0.1, 0.15) is 5.75 Å². The van der Waals surface area contributed by atoms with Crippen molar-refractivity contribution in [2.45, 2.75) is 32.3 Å². The van der Waals surface area contributed by atoms with Crippen LogP contribution in [0.1, 0.15) is 26.2 Å². The smallest absolute Gasteiger partial charge is 0.263 e. The number of pyridine rings is 1. The van der Waals surface area contributed by atoms with E-state index in [0.717, 1.165) is 36.8 Å². The van der Waals surface area contributed by atoms with E-state index in [0.29, 0.717) is 10.8 Å². The van der Waals surface area contributed by atoms with Crippen molar-refractivity contribution in [2.24, 2.45) is 0 Å². The van der Waals surface area contributed by atoms with Crippen molar-refractivity contribution in [1.82, 2.24) is 9.88 Å². The Kier molecular flexibility index (Phi) is 4.48. The topological polar surface area (TPSA) is 42.4 Å². The summed E-state index contributed by atoms with van der Waals surface area (Å²) in [5.41, 5.74) is 0.766. The summed E-state index contributed by atoms with van der Waals surface area (Å²) in [6.45, 7) is 3.47. The average Bonchev–Trinajstić information content (AvgIpc) is 2.55. The van der Waals surface area contributed by atoms with Gasteiger partial charge in [0.2, 0.25) is 0 Å². The number of hydrogen-bond acceptors (Lipinski definition) is 3. The van der Waals surface area contributed by atoms with Crippen LogP contribution in [0.2, 0.25) is 5.02 Å². The molecule has 116 valence electrons. The number of carbonyl (C=O) groups is 1. The second-order valence-corrected chi connectivity index (χ2v) is 6.02. The van der Waals surface area contributed by atoms with Gasteiger partial charge in [-0.3, -0.25) is 9.78 Å². The van der Waals surface area contributed by atoms with E-state index in [1.54, 1.807) is 19.2 Å². The Morgan fingerprint density at radius 2 is 2.05 bits per heavy atom. The number of hydrogen-bond donors (Lipinski definition) is 0. The van der Waals surface area contributed by atoms with Crippen LogP contribution in [0.25, 0.3) is 10.9 Å². The Morgan fingerprint density at radius 1 is 1.27 bits per heavy atom. The van der Waals surface area contributed by atoms with Gasteiger partial charge in [-0.15, -0.1) is 0 Å². The zero-order valence-electron chi connectivity index (χ0n) is 12.6. The zero-order chi connectivity index (χ0) is 15.5. The molecule has 1 aliphatic heterocycles. The van der Waals surface area contributed by atoms with Gasteiger partial charge in [-0.25, -0.2) is 0 Å². The van der Waals surface area contributed by atoms with Gasteiger partial charge in [0, 0.05) is 30.7 Å². The van der Waals surface area contributed by atoms with Crippen molar-refractivity contribution in [3.05, 3.63) is 35.5 Å². The summed E-state index contributed by atoms with van der Waals surface area (Å²) in [5.74, 6) is 0.693. The van der Waals surface area contributed by atoms with Crippen molar-refractivity contribution < 1.29 is 9.53 Å². The first kappa shape index (κ1) is 15.1. The van der Waals surface area contributed by atoms with E-state index in [1.807, 2.05) is 23.1 Å². The highest BCUT2D eigenvalue weighted by atomic mass is 35.5. The number of amides is 1. The molecule has 0 radical (unpaired) electrons. The van der Waals surface area contributed by atoms with Crippen LogP contribution in [0.5, 0.6) is 5.75 Å². The van der Waals surface area contributed by atoms with Crippen molar-refractivity contribution in [2.75, 3.05) is 13.1 Å². The fourth-order valence-corrected chi connectivity index (χ4v) is 3.01. The van der Waals surface area contributed by atoms with Gasteiger partial charge in [-0.2, -0.15) is 0 Å². The average molecular weight is 319 g/mol. The largest absolute Gasteiger partial charge is 0.481 e. The second-order valence-electron chi connectivity index (χ2n) is 5.62. The number of carbonyl (C=O) groups excluding carboxylic acids is 1. The molecule has 0 saturated carbocycles. The molecule has 0 unspecified atom stereocenters. The number of aromatic nitrogens is 1. The van der Waals surface area contributed by atoms with Crippen molar-refractivity contribution in [3.8, 4) is 5.75 Å². The molecule has 22 heavy (non-hydrogen) atoms. The van der Waals surface area contributed by atoms with Gasteiger partial charge in [0.05, 0.1) is 10.5 Å². The molecule has 2 heterocycles. The first-order valence-electron chi connectivity index (χ1n) is 7.65. The van der Waals surface area contributed by atoms with Crippen LogP contribution in [0.3, 0.4) is 0 Å². The highest BCUT2D eigenvalue weighted by molar-refractivity contribution is 6.35. The fourth-order valence-electron chi connectivity index (χ4n) is 2.79. The highest BCUT2D eigenvalue weighted by Gasteiger charge is 2.23. The number of likely N-dealkylation sites (tertiary alicyclic amines) is 1. The molecule has 1 amide bonds. The standard InChI is InChI=1S/C17H19ClN2O2/c1-12(17(21)20-9-3-2-4-10-20)22-13-5-6-14-15(18)7-8-19-16(14)11-13/h5-8,11-12H,2-4,9-10H2,1H3/t12-/m1/s1. The predicted octanol–water partition coefficient (Wildman–Crippen LogP) is 3.67.